The Balaban J connectivity index is 1.99. The predicted molar refractivity (Wildman–Crippen MR) is 124 cm³/mol. The van der Waals surface area contributed by atoms with Crippen LogP contribution < -0.4 is 4.72 Å². The fourth-order valence-corrected chi connectivity index (χ4v) is 5.14. The van der Waals surface area contributed by atoms with E-state index in [1.165, 1.54) is 12.1 Å². The van der Waals surface area contributed by atoms with Crippen molar-refractivity contribution in [1.82, 2.24) is 4.72 Å². The van der Waals surface area contributed by atoms with E-state index in [0.717, 1.165) is 5.56 Å². The number of sulfonamides is 1. The Morgan fingerprint density at radius 3 is 1.90 bits per heavy atom. The molecule has 0 aliphatic heterocycles. The molecule has 0 spiro atoms. The lowest BCUT2D eigenvalue weighted by Crippen LogP contribution is -2.43. The molecule has 2 atom stereocenters. The van der Waals surface area contributed by atoms with E-state index in [0.29, 0.717) is 21.2 Å². The molecule has 0 radical (unpaired) electrons. The number of ketones is 1. The first-order chi connectivity index (χ1) is 14.2. The Morgan fingerprint density at radius 1 is 0.867 bits per heavy atom. The molecule has 0 aliphatic carbocycles. The summed E-state index contributed by atoms with van der Waals surface area (Å²) in [5, 5.41) is 1.02. The number of hydrogen-bond acceptors (Lipinski definition) is 3. The summed E-state index contributed by atoms with van der Waals surface area (Å²) in [6.45, 7) is 1.87. The molecule has 1 N–H and O–H groups in total. The summed E-state index contributed by atoms with van der Waals surface area (Å²) >= 11 is 15.4. The third-order valence-corrected chi connectivity index (χ3v) is 7.52. The van der Waals surface area contributed by atoms with Crippen LogP contribution in [0.15, 0.2) is 77.7 Å². The number of hydrogen-bond donors (Lipinski definition) is 1. The third-order valence-electron chi connectivity index (χ3n) is 4.51. The molecule has 0 aliphatic rings. The van der Waals surface area contributed by atoms with Crippen LogP contribution in [0.2, 0.25) is 10.0 Å². The first-order valence-corrected chi connectivity index (χ1v) is 12.1. The van der Waals surface area contributed by atoms with E-state index in [-0.39, 0.29) is 10.7 Å². The van der Waals surface area contributed by atoms with Crippen LogP contribution in [0.5, 0.6) is 0 Å². The second-order valence-corrected chi connectivity index (χ2v) is 10.3. The highest BCUT2D eigenvalue weighted by molar-refractivity contribution is 9.09. The highest BCUT2D eigenvalue weighted by Gasteiger charge is 2.33. The SMILES string of the molecule is Cc1ccc(S(=O)(=O)N[C@H](C(=O)c2ccc(Cl)cc2)[C@@H](Br)c2ccc(Cl)cc2)cc1. The molecule has 8 heteroatoms. The average Bonchev–Trinajstić information content (AvgIpc) is 2.72. The van der Waals surface area contributed by atoms with Gasteiger partial charge >= 0.3 is 0 Å². The molecule has 0 aromatic heterocycles. The molecule has 3 rings (SSSR count). The standard InChI is InChI=1S/C22H18BrCl2NO3S/c1-14-2-12-19(13-3-14)30(28,29)26-21(20(23)15-4-8-17(24)9-5-15)22(27)16-6-10-18(25)11-7-16/h2-13,20-21,26H,1H3/t20-,21-/m0/s1. The fourth-order valence-electron chi connectivity index (χ4n) is 2.83. The van der Waals surface area contributed by atoms with E-state index < -0.39 is 20.9 Å². The number of aryl methyl sites for hydroxylation is 1. The molecule has 0 saturated carbocycles. The summed E-state index contributed by atoms with van der Waals surface area (Å²) in [6, 6.07) is 18.5. The molecule has 0 amide bonds. The fraction of sp³-hybridized carbons (Fsp3) is 0.136. The zero-order valence-corrected chi connectivity index (χ0v) is 19.8. The van der Waals surface area contributed by atoms with Crippen LogP contribution in [0.3, 0.4) is 0 Å². The Bertz CT molecular complexity index is 1130. The van der Waals surface area contributed by atoms with Crippen LogP contribution in [-0.2, 0) is 10.0 Å². The van der Waals surface area contributed by atoms with Gasteiger partial charge in [0, 0.05) is 15.6 Å². The highest BCUT2D eigenvalue weighted by atomic mass is 79.9. The molecule has 4 nitrogen and oxygen atoms in total. The lowest BCUT2D eigenvalue weighted by Gasteiger charge is -2.23. The van der Waals surface area contributed by atoms with Gasteiger partial charge in [0.25, 0.3) is 0 Å². The monoisotopic (exact) mass is 525 g/mol. The molecular formula is C22H18BrCl2NO3S. The van der Waals surface area contributed by atoms with Crippen molar-refractivity contribution >= 4 is 54.9 Å². The van der Waals surface area contributed by atoms with Gasteiger partial charge in [-0.3, -0.25) is 4.79 Å². The number of rotatable bonds is 7. The topological polar surface area (TPSA) is 63.2 Å². The lowest BCUT2D eigenvalue weighted by molar-refractivity contribution is 0.0952. The minimum atomic E-state index is -3.95. The molecule has 0 saturated heterocycles. The van der Waals surface area contributed by atoms with Crippen molar-refractivity contribution in [1.29, 1.82) is 0 Å². The smallest absolute Gasteiger partial charge is 0.241 e. The van der Waals surface area contributed by atoms with Gasteiger partial charge in [0.15, 0.2) is 5.78 Å². The molecule has 3 aromatic carbocycles. The molecule has 3 aromatic rings. The molecule has 0 heterocycles. The second kappa shape index (κ2) is 9.62. The maximum absolute atomic E-state index is 13.3. The predicted octanol–water partition coefficient (Wildman–Crippen LogP) is 5.97. The highest BCUT2D eigenvalue weighted by Crippen LogP contribution is 2.31. The van der Waals surface area contributed by atoms with Crippen LogP contribution in [0.1, 0.15) is 26.3 Å². The maximum atomic E-state index is 13.3. The second-order valence-electron chi connectivity index (χ2n) is 6.74. The van der Waals surface area contributed by atoms with Gasteiger partial charge < -0.3 is 0 Å². The van der Waals surface area contributed by atoms with Gasteiger partial charge in [0.05, 0.1) is 9.72 Å². The van der Waals surface area contributed by atoms with E-state index >= 15 is 0 Å². The summed E-state index contributed by atoms with van der Waals surface area (Å²) < 4.78 is 28.6. The molecule has 30 heavy (non-hydrogen) atoms. The van der Waals surface area contributed by atoms with E-state index in [9.17, 15) is 13.2 Å². The summed E-state index contributed by atoms with van der Waals surface area (Å²) in [5.74, 6) is -0.390. The van der Waals surface area contributed by atoms with Crippen LogP contribution in [-0.4, -0.2) is 20.2 Å². The van der Waals surface area contributed by atoms with Crippen molar-refractivity contribution in [2.24, 2.45) is 0 Å². The van der Waals surface area contributed by atoms with E-state index in [4.69, 9.17) is 23.2 Å². The van der Waals surface area contributed by atoms with Crippen molar-refractivity contribution in [3.05, 3.63) is 99.5 Å². The normalized spacial score (nSPS) is 13.6. The minimum absolute atomic E-state index is 0.0813. The van der Waals surface area contributed by atoms with Crippen molar-refractivity contribution in [3.8, 4) is 0 Å². The quantitative estimate of drug-likeness (QED) is 0.305. The molecule has 0 unspecified atom stereocenters. The average molecular weight is 527 g/mol. The van der Waals surface area contributed by atoms with Crippen LogP contribution in [0, 0.1) is 6.92 Å². The van der Waals surface area contributed by atoms with E-state index in [2.05, 4.69) is 20.7 Å². The number of carbonyl (C=O) groups excluding carboxylic acids is 1. The summed E-state index contributed by atoms with van der Waals surface area (Å²) in [5.41, 5.74) is 1.98. The molecule has 0 bridgehead atoms. The Morgan fingerprint density at radius 2 is 1.37 bits per heavy atom. The Hall–Kier alpha value is -1.70. The van der Waals surface area contributed by atoms with Crippen molar-refractivity contribution < 1.29 is 13.2 Å². The molecule has 156 valence electrons. The number of benzene rings is 3. The van der Waals surface area contributed by atoms with E-state index in [1.54, 1.807) is 60.7 Å². The lowest BCUT2D eigenvalue weighted by atomic mass is 9.98. The van der Waals surface area contributed by atoms with Crippen molar-refractivity contribution in [2.45, 2.75) is 22.7 Å². The third kappa shape index (κ3) is 5.50. The zero-order chi connectivity index (χ0) is 21.9. The number of halogens is 3. The largest absolute Gasteiger partial charge is 0.292 e. The van der Waals surface area contributed by atoms with Crippen molar-refractivity contribution in [2.75, 3.05) is 0 Å². The van der Waals surface area contributed by atoms with Gasteiger partial charge in [-0.25, -0.2) is 8.42 Å². The van der Waals surface area contributed by atoms with E-state index in [1.807, 2.05) is 6.92 Å². The Labute approximate surface area is 194 Å². The van der Waals surface area contributed by atoms with Gasteiger partial charge in [-0.2, -0.15) is 4.72 Å². The number of nitrogens with one attached hydrogen (secondary N) is 1. The summed E-state index contributed by atoms with van der Waals surface area (Å²) in [7, 11) is -3.95. The van der Waals surface area contributed by atoms with Gasteiger partial charge in [0.2, 0.25) is 10.0 Å². The zero-order valence-electron chi connectivity index (χ0n) is 15.8. The number of alkyl halides is 1. The van der Waals surface area contributed by atoms with Crippen LogP contribution >= 0.6 is 39.1 Å². The Kier molecular flexibility index (Phi) is 7.37. The minimum Gasteiger partial charge on any atom is -0.292 e. The molecular weight excluding hydrogens is 509 g/mol. The van der Waals surface area contributed by atoms with Gasteiger partial charge in [-0.05, 0) is 61.0 Å². The first-order valence-electron chi connectivity index (χ1n) is 8.96. The van der Waals surface area contributed by atoms with Crippen molar-refractivity contribution in [3.63, 3.8) is 0 Å². The van der Waals surface area contributed by atoms with Crippen LogP contribution in [0.4, 0.5) is 0 Å². The number of Topliss-reactive ketones (excluding diaryl/α,β-unsaturated/α-hetero) is 1. The van der Waals surface area contributed by atoms with Crippen LogP contribution in [0.25, 0.3) is 0 Å². The molecule has 0 fully saturated rings. The number of carbonyl (C=O) groups is 1. The summed E-state index contributed by atoms with van der Waals surface area (Å²) in [4.78, 5) is 12.7. The summed E-state index contributed by atoms with van der Waals surface area (Å²) in [6.07, 6.45) is 0. The van der Waals surface area contributed by atoms with Gasteiger partial charge in [-0.15, -0.1) is 0 Å². The van der Waals surface area contributed by atoms with Gasteiger partial charge in [-0.1, -0.05) is 69.0 Å². The van der Waals surface area contributed by atoms with Gasteiger partial charge in [0.1, 0.15) is 6.04 Å². The maximum Gasteiger partial charge on any atom is 0.241 e. The first kappa shape index (κ1) is 23.0.